The molecule has 0 bridgehead atoms. The third-order valence-corrected chi connectivity index (χ3v) is 3.56. The second-order valence-electron chi connectivity index (χ2n) is 4.42. The summed E-state index contributed by atoms with van der Waals surface area (Å²) in [7, 11) is 3.14. The lowest BCUT2D eigenvalue weighted by atomic mass is 10.1. The summed E-state index contributed by atoms with van der Waals surface area (Å²) in [6.45, 7) is 1.75. The molecule has 0 unspecified atom stereocenters. The molecule has 0 saturated heterocycles. The number of nitrogens with zero attached hydrogens (tertiary/aromatic N) is 2. The SMILES string of the molecule is COc1ccc(C(=O)Cc2c(Cl)c(C)nn2C)c(F)c1. The summed E-state index contributed by atoms with van der Waals surface area (Å²) in [6, 6.07) is 4.14. The smallest absolute Gasteiger partial charge is 0.171 e. The fourth-order valence-corrected chi connectivity index (χ4v) is 2.20. The van der Waals surface area contributed by atoms with Crippen molar-refractivity contribution in [1.82, 2.24) is 9.78 Å². The van der Waals surface area contributed by atoms with E-state index in [2.05, 4.69) is 5.10 Å². The van der Waals surface area contributed by atoms with Gasteiger partial charge in [0.2, 0.25) is 0 Å². The quantitative estimate of drug-likeness (QED) is 0.815. The normalized spacial score (nSPS) is 10.7. The van der Waals surface area contributed by atoms with Crippen LogP contribution in [0.15, 0.2) is 18.2 Å². The number of methoxy groups -OCH3 is 1. The monoisotopic (exact) mass is 296 g/mol. The maximum Gasteiger partial charge on any atom is 0.171 e. The van der Waals surface area contributed by atoms with Crippen LogP contribution in [0, 0.1) is 12.7 Å². The lowest BCUT2D eigenvalue weighted by molar-refractivity contribution is 0.0987. The Balaban J connectivity index is 2.28. The fraction of sp³-hybridized carbons (Fsp3) is 0.286. The van der Waals surface area contributed by atoms with Crippen LogP contribution in [0.1, 0.15) is 21.7 Å². The van der Waals surface area contributed by atoms with Gasteiger partial charge in [0.1, 0.15) is 11.6 Å². The Labute approximate surface area is 121 Å². The van der Waals surface area contributed by atoms with Crippen LogP contribution in [-0.2, 0) is 13.5 Å². The Kier molecular flexibility index (Phi) is 4.09. The van der Waals surface area contributed by atoms with Gasteiger partial charge >= 0.3 is 0 Å². The predicted molar refractivity (Wildman–Crippen MR) is 73.9 cm³/mol. The standard InChI is InChI=1S/C14H14ClFN2O2/c1-8-14(15)12(18(2)17-8)7-13(19)10-5-4-9(20-3)6-11(10)16/h4-6H,7H2,1-3H3. The zero-order valence-electron chi connectivity index (χ0n) is 11.4. The maximum absolute atomic E-state index is 13.8. The van der Waals surface area contributed by atoms with E-state index < -0.39 is 5.82 Å². The lowest BCUT2D eigenvalue weighted by Gasteiger charge is -2.06. The molecule has 6 heteroatoms. The van der Waals surface area contributed by atoms with Gasteiger partial charge in [-0.3, -0.25) is 9.48 Å². The molecule has 2 rings (SSSR count). The molecule has 1 heterocycles. The van der Waals surface area contributed by atoms with Crippen molar-refractivity contribution in [3.8, 4) is 5.75 Å². The Morgan fingerprint density at radius 1 is 1.50 bits per heavy atom. The Morgan fingerprint density at radius 2 is 2.20 bits per heavy atom. The number of hydrogen-bond donors (Lipinski definition) is 0. The molecule has 2 aromatic rings. The summed E-state index contributed by atoms with van der Waals surface area (Å²) < 4.78 is 20.3. The summed E-state index contributed by atoms with van der Waals surface area (Å²) in [5.74, 6) is -0.590. The van der Waals surface area contributed by atoms with E-state index in [-0.39, 0.29) is 17.8 Å². The molecule has 0 aliphatic rings. The third kappa shape index (κ3) is 2.67. The van der Waals surface area contributed by atoms with Gasteiger partial charge in [-0.1, -0.05) is 11.6 Å². The van der Waals surface area contributed by atoms with Gasteiger partial charge in [0, 0.05) is 13.1 Å². The molecule has 0 amide bonds. The highest BCUT2D eigenvalue weighted by Crippen LogP contribution is 2.23. The zero-order valence-corrected chi connectivity index (χ0v) is 12.2. The molecule has 1 aromatic carbocycles. The van der Waals surface area contributed by atoms with Crippen molar-refractivity contribution in [2.45, 2.75) is 13.3 Å². The van der Waals surface area contributed by atoms with Gasteiger partial charge in [-0.15, -0.1) is 0 Å². The van der Waals surface area contributed by atoms with Crippen LogP contribution < -0.4 is 4.74 Å². The predicted octanol–water partition coefficient (Wildman–Crippen LogP) is 2.96. The molecule has 0 spiro atoms. The van der Waals surface area contributed by atoms with Crippen LogP contribution in [0.2, 0.25) is 5.02 Å². The number of hydrogen-bond acceptors (Lipinski definition) is 3. The molecule has 1 aromatic heterocycles. The first-order valence-electron chi connectivity index (χ1n) is 5.98. The second-order valence-corrected chi connectivity index (χ2v) is 4.79. The summed E-state index contributed by atoms with van der Waals surface area (Å²) in [5.41, 5.74) is 1.23. The van der Waals surface area contributed by atoms with Gasteiger partial charge < -0.3 is 4.74 Å². The minimum atomic E-state index is -0.607. The van der Waals surface area contributed by atoms with E-state index >= 15 is 0 Å². The molecule has 0 atom stereocenters. The average molecular weight is 297 g/mol. The van der Waals surface area contributed by atoms with Crippen molar-refractivity contribution >= 4 is 17.4 Å². The number of aromatic nitrogens is 2. The fourth-order valence-electron chi connectivity index (χ4n) is 1.97. The van der Waals surface area contributed by atoms with Crippen LogP contribution in [0.5, 0.6) is 5.75 Å². The number of benzene rings is 1. The molecule has 0 saturated carbocycles. The van der Waals surface area contributed by atoms with Crippen molar-refractivity contribution in [1.29, 1.82) is 0 Å². The molecule has 4 nitrogen and oxygen atoms in total. The third-order valence-electron chi connectivity index (χ3n) is 3.07. The Hall–Kier alpha value is -1.88. The van der Waals surface area contributed by atoms with Gasteiger partial charge in [-0.2, -0.15) is 5.10 Å². The van der Waals surface area contributed by atoms with Gasteiger partial charge in [-0.05, 0) is 19.1 Å². The van der Waals surface area contributed by atoms with E-state index in [4.69, 9.17) is 16.3 Å². The summed E-state index contributed by atoms with van der Waals surface area (Å²) >= 11 is 6.08. The number of halogens is 2. The molecule has 0 aliphatic heterocycles. The van der Waals surface area contributed by atoms with E-state index in [1.165, 1.54) is 23.9 Å². The zero-order chi connectivity index (χ0) is 14.9. The highest BCUT2D eigenvalue weighted by atomic mass is 35.5. The van der Waals surface area contributed by atoms with Gasteiger partial charge in [-0.25, -0.2) is 4.39 Å². The first-order valence-corrected chi connectivity index (χ1v) is 6.36. The van der Waals surface area contributed by atoms with Crippen molar-refractivity contribution in [3.05, 3.63) is 46.0 Å². The van der Waals surface area contributed by atoms with E-state index in [1.807, 2.05) is 0 Å². The molecule has 106 valence electrons. The number of Topliss-reactive ketones (excluding diaryl/α,β-unsaturated/α-hetero) is 1. The maximum atomic E-state index is 13.8. The topological polar surface area (TPSA) is 44.1 Å². The minimum Gasteiger partial charge on any atom is -0.497 e. The molecule has 0 N–H and O–H groups in total. The summed E-state index contributed by atoms with van der Waals surface area (Å²) in [4.78, 5) is 12.2. The number of aryl methyl sites for hydroxylation is 2. The average Bonchev–Trinajstić information content (AvgIpc) is 2.65. The van der Waals surface area contributed by atoms with E-state index in [0.29, 0.717) is 22.2 Å². The highest BCUT2D eigenvalue weighted by Gasteiger charge is 2.18. The van der Waals surface area contributed by atoms with E-state index in [1.54, 1.807) is 20.0 Å². The first-order chi connectivity index (χ1) is 9.43. The molecule has 0 radical (unpaired) electrons. The summed E-state index contributed by atoms with van der Waals surface area (Å²) in [6.07, 6.45) is -0.000573. The number of carbonyl (C=O) groups excluding carboxylic acids is 1. The van der Waals surface area contributed by atoms with Gasteiger partial charge in [0.05, 0.1) is 35.5 Å². The molecular weight excluding hydrogens is 283 g/mol. The Bertz CT molecular complexity index is 667. The molecule has 0 aliphatic carbocycles. The minimum absolute atomic E-state index is 0.000573. The van der Waals surface area contributed by atoms with Crippen LogP contribution >= 0.6 is 11.6 Å². The Morgan fingerprint density at radius 3 is 2.70 bits per heavy atom. The van der Waals surface area contributed by atoms with Crippen LogP contribution in [0.4, 0.5) is 4.39 Å². The highest BCUT2D eigenvalue weighted by molar-refractivity contribution is 6.32. The van der Waals surface area contributed by atoms with Gasteiger partial charge in [0.25, 0.3) is 0 Å². The largest absolute Gasteiger partial charge is 0.497 e. The molecule has 0 fully saturated rings. The lowest BCUT2D eigenvalue weighted by Crippen LogP contribution is -2.10. The van der Waals surface area contributed by atoms with Crippen molar-refractivity contribution in [2.24, 2.45) is 7.05 Å². The van der Waals surface area contributed by atoms with Crippen molar-refractivity contribution < 1.29 is 13.9 Å². The number of ketones is 1. The van der Waals surface area contributed by atoms with E-state index in [0.717, 1.165) is 0 Å². The van der Waals surface area contributed by atoms with Crippen LogP contribution in [0.25, 0.3) is 0 Å². The van der Waals surface area contributed by atoms with Gasteiger partial charge in [0.15, 0.2) is 5.78 Å². The number of carbonyl (C=O) groups is 1. The number of rotatable bonds is 4. The second kappa shape index (κ2) is 5.63. The van der Waals surface area contributed by atoms with Crippen LogP contribution in [-0.4, -0.2) is 22.7 Å². The van der Waals surface area contributed by atoms with Crippen molar-refractivity contribution in [2.75, 3.05) is 7.11 Å². The van der Waals surface area contributed by atoms with Crippen molar-refractivity contribution in [3.63, 3.8) is 0 Å². The molecule has 20 heavy (non-hydrogen) atoms. The number of ether oxygens (including phenoxy) is 1. The van der Waals surface area contributed by atoms with Crippen LogP contribution in [0.3, 0.4) is 0 Å². The molecular formula is C14H14ClFN2O2. The first kappa shape index (κ1) is 14.5. The summed E-state index contributed by atoms with van der Waals surface area (Å²) in [5, 5.41) is 4.57. The van der Waals surface area contributed by atoms with E-state index in [9.17, 15) is 9.18 Å².